The number of hydrogen-bond donors (Lipinski definition) is 1. The van der Waals surface area contributed by atoms with Gasteiger partial charge in [-0.15, -0.1) is 11.3 Å². The Morgan fingerprint density at radius 3 is 2.71 bits per heavy atom. The van der Waals surface area contributed by atoms with E-state index in [1.54, 1.807) is 23.6 Å². The van der Waals surface area contributed by atoms with Crippen LogP contribution < -0.4 is 10.1 Å². The number of nitro benzene ring substituents is 1. The summed E-state index contributed by atoms with van der Waals surface area (Å²) in [5, 5.41) is 15.3. The van der Waals surface area contributed by atoms with Gasteiger partial charge >= 0.3 is 6.61 Å². The number of anilines is 1. The van der Waals surface area contributed by atoms with Crippen LogP contribution in [0.3, 0.4) is 0 Å². The summed E-state index contributed by atoms with van der Waals surface area (Å²) in [6.45, 7) is -1.43. The Hall–Kier alpha value is -3.40. The number of alkyl halides is 2. The highest BCUT2D eigenvalue weighted by Crippen LogP contribution is 2.33. The molecule has 0 aliphatic carbocycles. The van der Waals surface area contributed by atoms with Gasteiger partial charge in [-0.2, -0.15) is 8.78 Å². The molecule has 1 amide bonds. The second-order valence-electron chi connectivity index (χ2n) is 5.63. The Morgan fingerprint density at radius 1 is 1.29 bits per heavy atom. The summed E-state index contributed by atoms with van der Waals surface area (Å²) in [5.41, 5.74) is 1.25. The number of carbonyl (C=O) groups excluding carboxylic acids is 1. The van der Waals surface area contributed by atoms with Crippen molar-refractivity contribution >= 4 is 28.1 Å². The fourth-order valence-corrected chi connectivity index (χ4v) is 3.21. The van der Waals surface area contributed by atoms with Crippen LogP contribution in [0.5, 0.6) is 5.75 Å². The van der Waals surface area contributed by atoms with Crippen LogP contribution in [0.4, 0.5) is 19.6 Å². The number of hydrogen-bond acceptors (Lipinski definition) is 6. The van der Waals surface area contributed by atoms with Crippen LogP contribution in [0.15, 0.2) is 47.8 Å². The van der Waals surface area contributed by atoms with Crippen LogP contribution in [0.2, 0.25) is 0 Å². The molecule has 0 unspecified atom stereocenters. The van der Waals surface area contributed by atoms with Gasteiger partial charge in [0.15, 0.2) is 5.13 Å². The largest absolute Gasteiger partial charge is 0.434 e. The third kappa shape index (κ3) is 4.29. The molecule has 1 heterocycles. The van der Waals surface area contributed by atoms with Crippen molar-refractivity contribution in [2.45, 2.75) is 13.5 Å². The molecule has 7 nitrogen and oxygen atoms in total. The summed E-state index contributed by atoms with van der Waals surface area (Å²) in [4.78, 5) is 26.9. The molecule has 0 aliphatic heterocycles. The van der Waals surface area contributed by atoms with Gasteiger partial charge in [-0.05, 0) is 31.2 Å². The topological polar surface area (TPSA) is 94.4 Å². The number of benzene rings is 2. The van der Waals surface area contributed by atoms with E-state index in [1.807, 2.05) is 0 Å². The SMILES string of the molecule is Cc1cc(C(=O)Nc2nc(-c3ccccc3OC(F)F)cs2)ccc1[N+](=O)[O-]. The molecule has 0 bridgehead atoms. The van der Waals surface area contributed by atoms with Crippen LogP contribution >= 0.6 is 11.3 Å². The van der Waals surface area contributed by atoms with E-state index in [-0.39, 0.29) is 22.1 Å². The Kier molecular flexibility index (Phi) is 5.59. The molecule has 0 aliphatic rings. The lowest BCUT2D eigenvalue weighted by Crippen LogP contribution is -2.12. The maximum Gasteiger partial charge on any atom is 0.387 e. The molecular weight excluding hydrogens is 392 g/mol. The number of nitro groups is 1. The Morgan fingerprint density at radius 2 is 2.04 bits per heavy atom. The molecule has 10 heteroatoms. The van der Waals surface area contributed by atoms with E-state index in [9.17, 15) is 23.7 Å². The minimum atomic E-state index is -2.97. The Balaban J connectivity index is 1.79. The molecule has 0 atom stereocenters. The third-order valence-electron chi connectivity index (χ3n) is 3.76. The van der Waals surface area contributed by atoms with Gasteiger partial charge in [0, 0.05) is 28.1 Å². The van der Waals surface area contributed by atoms with Gasteiger partial charge in [0.2, 0.25) is 0 Å². The number of aromatic nitrogens is 1. The van der Waals surface area contributed by atoms with Crippen molar-refractivity contribution in [1.29, 1.82) is 0 Å². The Labute approximate surface area is 161 Å². The average Bonchev–Trinajstić information content (AvgIpc) is 3.09. The monoisotopic (exact) mass is 405 g/mol. The third-order valence-corrected chi connectivity index (χ3v) is 4.52. The maximum absolute atomic E-state index is 12.6. The van der Waals surface area contributed by atoms with Crippen molar-refractivity contribution < 1.29 is 23.2 Å². The molecule has 144 valence electrons. The molecule has 0 saturated carbocycles. The highest BCUT2D eigenvalue weighted by Gasteiger charge is 2.17. The molecule has 1 aromatic heterocycles. The normalized spacial score (nSPS) is 10.7. The number of para-hydroxylation sites is 1. The number of nitrogens with one attached hydrogen (secondary N) is 1. The highest BCUT2D eigenvalue weighted by atomic mass is 32.1. The fraction of sp³-hybridized carbons (Fsp3) is 0.111. The number of carbonyl (C=O) groups is 1. The minimum Gasteiger partial charge on any atom is -0.434 e. The smallest absolute Gasteiger partial charge is 0.387 e. The number of thiazole rings is 1. The van der Waals surface area contributed by atoms with Crippen molar-refractivity contribution in [1.82, 2.24) is 4.98 Å². The first kappa shape index (κ1) is 19.4. The van der Waals surface area contributed by atoms with Gasteiger partial charge in [0.05, 0.1) is 10.6 Å². The zero-order chi connectivity index (χ0) is 20.3. The Bertz CT molecular complexity index is 1040. The van der Waals surface area contributed by atoms with E-state index in [0.29, 0.717) is 16.8 Å². The van der Waals surface area contributed by atoms with Crippen molar-refractivity contribution in [3.8, 4) is 17.0 Å². The number of rotatable bonds is 6. The van der Waals surface area contributed by atoms with Crippen LogP contribution in [0.1, 0.15) is 15.9 Å². The quantitative estimate of drug-likeness (QED) is 0.466. The number of nitrogens with zero attached hydrogens (tertiary/aromatic N) is 2. The van der Waals surface area contributed by atoms with Crippen molar-refractivity contribution in [2.24, 2.45) is 0 Å². The summed E-state index contributed by atoms with van der Waals surface area (Å²) in [6.07, 6.45) is 0. The molecule has 2 aromatic carbocycles. The molecule has 0 saturated heterocycles. The second kappa shape index (κ2) is 8.09. The summed E-state index contributed by atoms with van der Waals surface area (Å²) >= 11 is 1.11. The van der Waals surface area contributed by atoms with E-state index >= 15 is 0 Å². The molecule has 0 spiro atoms. The second-order valence-corrected chi connectivity index (χ2v) is 6.48. The van der Waals surface area contributed by atoms with Gasteiger partial charge in [0.25, 0.3) is 11.6 Å². The molecule has 1 N–H and O–H groups in total. The fourth-order valence-electron chi connectivity index (χ4n) is 2.50. The molecular formula is C18H13F2N3O4S. The average molecular weight is 405 g/mol. The van der Waals surface area contributed by atoms with E-state index in [0.717, 1.165) is 11.3 Å². The number of halogens is 2. The van der Waals surface area contributed by atoms with E-state index in [1.165, 1.54) is 31.2 Å². The van der Waals surface area contributed by atoms with Gasteiger partial charge in [-0.3, -0.25) is 20.2 Å². The lowest BCUT2D eigenvalue weighted by molar-refractivity contribution is -0.385. The number of amides is 1. The zero-order valence-corrected chi connectivity index (χ0v) is 15.2. The van der Waals surface area contributed by atoms with Gasteiger partial charge < -0.3 is 4.74 Å². The first-order chi connectivity index (χ1) is 13.3. The lowest BCUT2D eigenvalue weighted by Gasteiger charge is -2.08. The first-order valence-electron chi connectivity index (χ1n) is 7.91. The van der Waals surface area contributed by atoms with Gasteiger partial charge in [-0.1, -0.05) is 12.1 Å². The van der Waals surface area contributed by atoms with E-state index < -0.39 is 17.4 Å². The highest BCUT2D eigenvalue weighted by molar-refractivity contribution is 7.14. The molecule has 0 radical (unpaired) electrons. The maximum atomic E-state index is 12.6. The van der Waals surface area contributed by atoms with Crippen molar-refractivity contribution in [2.75, 3.05) is 5.32 Å². The summed E-state index contributed by atoms with van der Waals surface area (Å²) in [7, 11) is 0. The predicted molar refractivity (Wildman–Crippen MR) is 100.0 cm³/mol. The van der Waals surface area contributed by atoms with Crippen LogP contribution in [-0.4, -0.2) is 22.4 Å². The summed E-state index contributed by atoms with van der Waals surface area (Å²) < 4.78 is 29.6. The summed E-state index contributed by atoms with van der Waals surface area (Å²) in [6, 6.07) is 10.2. The number of aryl methyl sites for hydroxylation is 1. The van der Waals surface area contributed by atoms with E-state index in [2.05, 4.69) is 15.0 Å². The molecule has 0 fully saturated rings. The van der Waals surface area contributed by atoms with Crippen LogP contribution in [0.25, 0.3) is 11.3 Å². The van der Waals surface area contributed by atoms with E-state index in [4.69, 9.17) is 0 Å². The summed E-state index contributed by atoms with van der Waals surface area (Å²) in [5.74, 6) is -0.511. The predicted octanol–water partition coefficient (Wildman–Crippen LogP) is 4.88. The van der Waals surface area contributed by atoms with Gasteiger partial charge in [0.1, 0.15) is 5.75 Å². The number of ether oxygens (including phenoxy) is 1. The van der Waals surface area contributed by atoms with Crippen LogP contribution in [-0.2, 0) is 0 Å². The van der Waals surface area contributed by atoms with Crippen molar-refractivity contribution in [3.63, 3.8) is 0 Å². The zero-order valence-electron chi connectivity index (χ0n) is 14.4. The van der Waals surface area contributed by atoms with Crippen molar-refractivity contribution in [3.05, 3.63) is 69.1 Å². The molecule has 3 aromatic rings. The van der Waals surface area contributed by atoms with Crippen LogP contribution in [0, 0.1) is 17.0 Å². The minimum absolute atomic E-state index is 0.0216. The molecule has 28 heavy (non-hydrogen) atoms. The lowest BCUT2D eigenvalue weighted by atomic mass is 10.1. The first-order valence-corrected chi connectivity index (χ1v) is 8.79. The standard InChI is InChI=1S/C18H13F2N3O4S/c1-10-8-11(6-7-14(10)23(25)26)16(24)22-18-21-13(9-28-18)12-4-2-3-5-15(12)27-17(19)20/h2-9,17H,1H3,(H,21,22,24). The molecule has 3 rings (SSSR count). The van der Waals surface area contributed by atoms with Gasteiger partial charge in [-0.25, -0.2) is 4.98 Å².